The zero-order chi connectivity index (χ0) is 18.9. The van der Waals surface area contributed by atoms with Gasteiger partial charge in [-0.15, -0.1) is 0 Å². The largest absolute Gasteiger partial charge is 0.439 e. The monoisotopic (exact) mass is 372 g/mol. The molecule has 2 heterocycles. The smallest absolute Gasteiger partial charge is 0.219 e. The predicted octanol–water partition coefficient (Wildman–Crippen LogP) is 3.25. The quantitative estimate of drug-likeness (QED) is 0.577. The first-order valence-corrected chi connectivity index (χ1v) is 9.25. The number of ether oxygens (including phenoxy) is 2. The minimum atomic E-state index is -0.343. The zero-order valence-corrected chi connectivity index (χ0v) is 15.5. The molecule has 6 nitrogen and oxygen atoms in total. The second-order valence-electron chi connectivity index (χ2n) is 6.28. The minimum absolute atomic E-state index is 0.259. The first-order valence-electron chi connectivity index (χ1n) is 9.25. The number of pyridine rings is 1. The molecule has 1 aliphatic rings. The van der Waals surface area contributed by atoms with Crippen molar-refractivity contribution < 1.29 is 13.9 Å². The Labute approximate surface area is 158 Å². The van der Waals surface area contributed by atoms with Crippen molar-refractivity contribution in [1.82, 2.24) is 15.6 Å². The van der Waals surface area contributed by atoms with Gasteiger partial charge in [0, 0.05) is 38.0 Å². The fourth-order valence-corrected chi connectivity index (χ4v) is 2.74. The predicted molar refractivity (Wildman–Crippen MR) is 103 cm³/mol. The maximum absolute atomic E-state index is 13.2. The Kier molecular flexibility index (Phi) is 6.98. The molecule has 1 fully saturated rings. The first kappa shape index (κ1) is 19.1. The molecule has 3 rings (SSSR count). The van der Waals surface area contributed by atoms with Crippen LogP contribution in [0.2, 0.25) is 0 Å². The molecular formula is C20H25FN4O2. The number of hydrogen-bond donors (Lipinski definition) is 2. The fraction of sp³-hybridized carbons (Fsp3) is 0.400. The summed E-state index contributed by atoms with van der Waals surface area (Å²) >= 11 is 0. The third-order valence-corrected chi connectivity index (χ3v) is 4.10. The Hall–Kier alpha value is -2.67. The molecule has 1 saturated heterocycles. The van der Waals surface area contributed by atoms with Crippen LogP contribution in [0.1, 0.15) is 25.3 Å². The first-order chi connectivity index (χ1) is 13.2. The number of rotatable bonds is 7. The summed E-state index contributed by atoms with van der Waals surface area (Å²) < 4.78 is 24.4. The van der Waals surface area contributed by atoms with Crippen molar-refractivity contribution >= 4 is 5.96 Å². The van der Waals surface area contributed by atoms with E-state index < -0.39 is 0 Å². The number of aromatic nitrogens is 1. The number of nitrogens with one attached hydrogen (secondary N) is 2. The summed E-state index contributed by atoms with van der Waals surface area (Å²) in [5.41, 5.74) is 0.955. The van der Waals surface area contributed by atoms with Gasteiger partial charge in [-0.05, 0) is 37.5 Å². The summed E-state index contributed by atoms with van der Waals surface area (Å²) in [5.74, 6) is 1.25. The molecule has 0 aliphatic carbocycles. The molecule has 0 saturated carbocycles. The zero-order valence-electron chi connectivity index (χ0n) is 15.5. The van der Waals surface area contributed by atoms with E-state index in [4.69, 9.17) is 9.47 Å². The molecule has 2 aromatic rings. The number of halogens is 1. The van der Waals surface area contributed by atoms with Gasteiger partial charge < -0.3 is 20.1 Å². The van der Waals surface area contributed by atoms with Crippen LogP contribution in [0.25, 0.3) is 0 Å². The standard InChI is InChI=1S/C20H25FN4O2/c1-2-22-20(25-14-18-7-4-10-26-18)24-13-15-8-9-19(23-12-15)27-17-6-3-5-16(21)11-17/h3,5-6,8-9,11-12,18H,2,4,7,10,13-14H2,1H3,(H2,22,24,25). The van der Waals surface area contributed by atoms with E-state index in [-0.39, 0.29) is 11.9 Å². The van der Waals surface area contributed by atoms with Crippen LogP contribution in [0, 0.1) is 5.82 Å². The van der Waals surface area contributed by atoms with E-state index in [2.05, 4.69) is 20.6 Å². The van der Waals surface area contributed by atoms with Gasteiger partial charge in [0.05, 0.1) is 12.6 Å². The molecular weight excluding hydrogens is 347 g/mol. The second kappa shape index (κ2) is 9.87. The molecule has 0 radical (unpaired) electrons. The maximum atomic E-state index is 13.2. The van der Waals surface area contributed by atoms with Gasteiger partial charge in [0.25, 0.3) is 0 Å². The Morgan fingerprint density at radius 3 is 2.96 bits per heavy atom. The summed E-state index contributed by atoms with van der Waals surface area (Å²) in [6, 6.07) is 9.63. The molecule has 144 valence electrons. The summed E-state index contributed by atoms with van der Waals surface area (Å²) in [6.45, 7) is 4.91. The molecule has 1 atom stereocenters. The van der Waals surface area contributed by atoms with Gasteiger partial charge in [-0.25, -0.2) is 14.4 Å². The number of aliphatic imine (C=N–C) groups is 1. The maximum Gasteiger partial charge on any atom is 0.219 e. The lowest BCUT2D eigenvalue weighted by Gasteiger charge is -2.14. The van der Waals surface area contributed by atoms with E-state index in [1.807, 2.05) is 13.0 Å². The molecule has 1 aromatic carbocycles. The van der Waals surface area contributed by atoms with Crippen molar-refractivity contribution in [3.05, 3.63) is 54.0 Å². The molecule has 1 aliphatic heterocycles. The van der Waals surface area contributed by atoms with Gasteiger partial charge in [-0.3, -0.25) is 0 Å². The highest BCUT2D eigenvalue weighted by molar-refractivity contribution is 5.79. The Balaban J connectivity index is 1.54. The lowest BCUT2D eigenvalue weighted by molar-refractivity contribution is 0.114. The van der Waals surface area contributed by atoms with Gasteiger partial charge in [0.1, 0.15) is 11.6 Å². The highest BCUT2D eigenvalue weighted by Crippen LogP contribution is 2.20. The lowest BCUT2D eigenvalue weighted by Crippen LogP contribution is -2.41. The Bertz CT molecular complexity index is 746. The van der Waals surface area contributed by atoms with Crippen molar-refractivity contribution in [1.29, 1.82) is 0 Å². The SMILES string of the molecule is CCNC(=NCc1ccc(Oc2cccc(F)c2)nc1)NCC1CCCO1. The Morgan fingerprint density at radius 2 is 2.26 bits per heavy atom. The minimum Gasteiger partial charge on any atom is -0.439 e. The van der Waals surface area contributed by atoms with E-state index in [1.54, 1.807) is 24.4 Å². The van der Waals surface area contributed by atoms with E-state index in [9.17, 15) is 4.39 Å². The van der Waals surface area contributed by atoms with E-state index in [1.165, 1.54) is 12.1 Å². The number of benzene rings is 1. The molecule has 0 amide bonds. The average Bonchev–Trinajstić information content (AvgIpc) is 3.19. The lowest BCUT2D eigenvalue weighted by atomic mass is 10.2. The molecule has 2 N–H and O–H groups in total. The van der Waals surface area contributed by atoms with Crippen LogP contribution in [0.3, 0.4) is 0 Å². The van der Waals surface area contributed by atoms with Crippen LogP contribution >= 0.6 is 0 Å². The molecule has 1 unspecified atom stereocenters. The van der Waals surface area contributed by atoms with Crippen molar-refractivity contribution in [3.63, 3.8) is 0 Å². The fourth-order valence-electron chi connectivity index (χ4n) is 2.74. The topological polar surface area (TPSA) is 67.8 Å². The number of hydrogen-bond acceptors (Lipinski definition) is 4. The third-order valence-electron chi connectivity index (χ3n) is 4.10. The summed E-state index contributed by atoms with van der Waals surface area (Å²) in [6.07, 6.45) is 4.18. The van der Waals surface area contributed by atoms with Crippen molar-refractivity contribution in [2.24, 2.45) is 4.99 Å². The van der Waals surface area contributed by atoms with Gasteiger partial charge in [0.2, 0.25) is 5.88 Å². The third kappa shape index (κ3) is 6.21. The molecule has 1 aromatic heterocycles. The van der Waals surface area contributed by atoms with E-state index in [0.29, 0.717) is 18.2 Å². The average molecular weight is 372 g/mol. The van der Waals surface area contributed by atoms with Crippen LogP contribution in [0.5, 0.6) is 11.6 Å². The summed E-state index contributed by atoms with van der Waals surface area (Å²) in [5, 5.41) is 6.54. The van der Waals surface area contributed by atoms with Crippen molar-refractivity contribution in [2.75, 3.05) is 19.7 Å². The molecule has 27 heavy (non-hydrogen) atoms. The molecule has 7 heteroatoms. The Morgan fingerprint density at radius 1 is 1.33 bits per heavy atom. The number of guanidine groups is 1. The van der Waals surface area contributed by atoms with Crippen LogP contribution in [-0.2, 0) is 11.3 Å². The van der Waals surface area contributed by atoms with Crippen LogP contribution in [-0.4, -0.2) is 36.7 Å². The second-order valence-corrected chi connectivity index (χ2v) is 6.28. The highest BCUT2D eigenvalue weighted by atomic mass is 19.1. The highest BCUT2D eigenvalue weighted by Gasteiger charge is 2.15. The van der Waals surface area contributed by atoms with Crippen molar-refractivity contribution in [3.8, 4) is 11.6 Å². The van der Waals surface area contributed by atoms with E-state index >= 15 is 0 Å². The summed E-state index contributed by atoms with van der Waals surface area (Å²) in [7, 11) is 0. The molecule has 0 spiro atoms. The normalized spacial score (nSPS) is 17.0. The van der Waals surface area contributed by atoms with Gasteiger partial charge in [0.15, 0.2) is 5.96 Å². The van der Waals surface area contributed by atoms with Crippen LogP contribution < -0.4 is 15.4 Å². The van der Waals surface area contributed by atoms with Gasteiger partial charge >= 0.3 is 0 Å². The molecule has 0 bridgehead atoms. The van der Waals surface area contributed by atoms with Crippen molar-refractivity contribution in [2.45, 2.75) is 32.4 Å². The number of nitrogens with zero attached hydrogens (tertiary/aromatic N) is 2. The van der Waals surface area contributed by atoms with Gasteiger partial charge in [-0.1, -0.05) is 12.1 Å². The van der Waals surface area contributed by atoms with Crippen LogP contribution in [0.4, 0.5) is 4.39 Å². The summed E-state index contributed by atoms with van der Waals surface area (Å²) in [4.78, 5) is 8.84. The van der Waals surface area contributed by atoms with E-state index in [0.717, 1.165) is 44.1 Å². The van der Waals surface area contributed by atoms with Gasteiger partial charge in [-0.2, -0.15) is 0 Å². The van der Waals surface area contributed by atoms with Crippen LogP contribution in [0.15, 0.2) is 47.6 Å².